The summed E-state index contributed by atoms with van der Waals surface area (Å²) in [6.45, 7) is 0. The van der Waals surface area contributed by atoms with E-state index in [0.717, 1.165) is 9.13 Å². The van der Waals surface area contributed by atoms with Gasteiger partial charge in [0.1, 0.15) is 6.04 Å². The Bertz CT molecular complexity index is 746. The lowest BCUT2D eigenvalue weighted by Crippen LogP contribution is -2.42. The van der Waals surface area contributed by atoms with E-state index in [1.165, 1.54) is 0 Å². The van der Waals surface area contributed by atoms with Gasteiger partial charge in [-0.25, -0.2) is 0 Å². The number of rotatable bonds is 2. The minimum Gasteiger partial charge on any atom is -0.340 e. The number of carbonyl (C=O) groups is 2. The monoisotopic (exact) mass is 426 g/mol. The molecule has 0 fully saturated rings. The maximum absolute atomic E-state index is 12.3. The first-order chi connectivity index (χ1) is 10.5. The molecule has 2 amide bonds. The number of fused-ring (bicyclic) bond motifs is 1. The highest BCUT2D eigenvalue weighted by Gasteiger charge is 2.28. The number of halogens is 2. The molecule has 0 radical (unpaired) electrons. The number of amides is 2. The average Bonchev–Trinajstić information content (AvgIpc) is 2.60. The molecule has 0 spiro atoms. The molecule has 0 bridgehead atoms. The van der Waals surface area contributed by atoms with Crippen molar-refractivity contribution < 1.29 is 9.59 Å². The Hall–Kier alpha value is -1.60. The van der Waals surface area contributed by atoms with Crippen LogP contribution in [0.3, 0.4) is 0 Å². The van der Waals surface area contributed by atoms with Crippen LogP contribution >= 0.6 is 34.2 Å². The molecule has 0 saturated heterocycles. The molecule has 0 aromatic heterocycles. The van der Waals surface area contributed by atoms with Crippen LogP contribution in [0.2, 0.25) is 5.02 Å². The molecule has 2 aromatic carbocycles. The van der Waals surface area contributed by atoms with Crippen molar-refractivity contribution in [3.05, 3.63) is 62.2 Å². The van der Waals surface area contributed by atoms with Crippen LogP contribution in [-0.2, 0) is 11.2 Å². The molecule has 1 heterocycles. The summed E-state index contributed by atoms with van der Waals surface area (Å²) < 4.78 is 1.12. The normalized spacial score (nSPS) is 17.3. The SMILES string of the molecule is O=C1N[C@H](Cc2ccc(I)cc2)C(=O)Nc2ccc(Cl)cc21. The molecule has 4 nitrogen and oxygen atoms in total. The minimum atomic E-state index is -0.612. The topological polar surface area (TPSA) is 58.2 Å². The number of anilines is 1. The second-order valence-electron chi connectivity index (χ2n) is 5.04. The molecule has 0 aliphatic carbocycles. The van der Waals surface area contributed by atoms with Crippen LogP contribution in [-0.4, -0.2) is 17.9 Å². The summed E-state index contributed by atoms with van der Waals surface area (Å²) in [6.07, 6.45) is 0.441. The molecule has 1 aliphatic heterocycles. The van der Waals surface area contributed by atoms with Gasteiger partial charge in [0.05, 0.1) is 11.3 Å². The summed E-state index contributed by atoms with van der Waals surface area (Å²) in [4.78, 5) is 24.6. The molecule has 0 saturated carbocycles. The van der Waals surface area contributed by atoms with Gasteiger partial charge in [0.2, 0.25) is 5.91 Å². The predicted molar refractivity (Wildman–Crippen MR) is 94.2 cm³/mol. The van der Waals surface area contributed by atoms with Crippen molar-refractivity contribution in [1.82, 2.24) is 5.32 Å². The van der Waals surface area contributed by atoms with Gasteiger partial charge < -0.3 is 10.6 Å². The fourth-order valence-corrected chi connectivity index (χ4v) is 2.87. The van der Waals surface area contributed by atoms with E-state index >= 15 is 0 Å². The number of hydrogen-bond donors (Lipinski definition) is 2. The van der Waals surface area contributed by atoms with Crippen LogP contribution in [0.25, 0.3) is 0 Å². The van der Waals surface area contributed by atoms with E-state index in [1.807, 2.05) is 24.3 Å². The largest absolute Gasteiger partial charge is 0.340 e. The van der Waals surface area contributed by atoms with Crippen LogP contribution < -0.4 is 10.6 Å². The average molecular weight is 427 g/mol. The lowest BCUT2D eigenvalue weighted by atomic mass is 10.1. The summed E-state index contributed by atoms with van der Waals surface area (Å²) in [7, 11) is 0. The quantitative estimate of drug-likeness (QED) is 0.725. The Morgan fingerprint density at radius 2 is 1.82 bits per heavy atom. The number of carbonyl (C=O) groups excluding carboxylic acids is 2. The molecular weight excluding hydrogens is 415 g/mol. The number of hydrogen-bond acceptors (Lipinski definition) is 2. The van der Waals surface area contributed by atoms with E-state index in [2.05, 4.69) is 33.2 Å². The van der Waals surface area contributed by atoms with E-state index in [0.29, 0.717) is 22.7 Å². The Labute approximate surface area is 146 Å². The summed E-state index contributed by atoms with van der Waals surface area (Å²) in [5.74, 6) is -0.528. The molecule has 6 heteroatoms. The standard InChI is InChI=1S/C16H12ClIN2O2/c17-10-3-6-13-12(8-10)15(21)20-14(16(22)19-13)7-9-1-4-11(18)5-2-9/h1-6,8,14H,7H2,(H,19,22)(H,20,21)/t14-/m1/s1. The molecule has 3 rings (SSSR count). The maximum atomic E-state index is 12.3. The molecule has 2 N–H and O–H groups in total. The van der Waals surface area contributed by atoms with Gasteiger partial charge in [-0.2, -0.15) is 0 Å². The lowest BCUT2D eigenvalue weighted by molar-refractivity contribution is -0.117. The van der Waals surface area contributed by atoms with Crippen molar-refractivity contribution in [3.63, 3.8) is 0 Å². The molecule has 2 aromatic rings. The summed E-state index contributed by atoms with van der Waals surface area (Å²) in [6, 6.07) is 12.1. The highest BCUT2D eigenvalue weighted by Crippen LogP contribution is 2.23. The van der Waals surface area contributed by atoms with Gasteiger partial charge >= 0.3 is 0 Å². The van der Waals surface area contributed by atoms with Gasteiger partial charge in [-0.3, -0.25) is 9.59 Å². The smallest absolute Gasteiger partial charge is 0.254 e. The molecular formula is C16H12ClIN2O2. The Balaban J connectivity index is 1.85. The second-order valence-corrected chi connectivity index (χ2v) is 6.72. The zero-order valence-electron chi connectivity index (χ0n) is 11.4. The fraction of sp³-hybridized carbons (Fsp3) is 0.125. The lowest BCUT2D eigenvalue weighted by Gasteiger charge is -2.14. The molecule has 0 unspecified atom stereocenters. The van der Waals surface area contributed by atoms with E-state index in [4.69, 9.17) is 11.6 Å². The fourth-order valence-electron chi connectivity index (χ4n) is 2.33. The Morgan fingerprint density at radius 1 is 1.09 bits per heavy atom. The van der Waals surface area contributed by atoms with Gasteiger partial charge in [-0.1, -0.05) is 23.7 Å². The first-order valence-electron chi connectivity index (χ1n) is 6.68. The van der Waals surface area contributed by atoms with Gasteiger partial charge in [-0.15, -0.1) is 0 Å². The zero-order chi connectivity index (χ0) is 15.7. The third-order valence-corrected chi connectivity index (χ3v) is 4.41. The van der Waals surface area contributed by atoms with E-state index in [1.54, 1.807) is 18.2 Å². The van der Waals surface area contributed by atoms with Crippen molar-refractivity contribution >= 4 is 51.7 Å². The van der Waals surface area contributed by atoms with Crippen LogP contribution in [0.5, 0.6) is 0 Å². The highest BCUT2D eigenvalue weighted by atomic mass is 127. The van der Waals surface area contributed by atoms with Gasteiger partial charge in [0.15, 0.2) is 0 Å². The predicted octanol–water partition coefficient (Wildman–Crippen LogP) is 3.24. The maximum Gasteiger partial charge on any atom is 0.254 e. The molecule has 1 atom stereocenters. The van der Waals surface area contributed by atoms with Gasteiger partial charge in [-0.05, 0) is 58.5 Å². The Kier molecular flexibility index (Phi) is 4.35. The third-order valence-electron chi connectivity index (χ3n) is 3.46. The van der Waals surface area contributed by atoms with E-state index < -0.39 is 6.04 Å². The van der Waals surface area contributed by atoms with Crippen molar-refractivity contribution in [3.8, 4) is 0 Å². The Morgan fingerprint density at radius 3 is 2.55 bits per heavy atom. The molecule has 112 valence electrons. The number of benzene rings is 2. The highest BCUT2D eigenvalue weighted by molar-refractivity contribution is 14.1. The van der Waals surface area contributed by atoms with Crippen LogP contribution in [0.4, 0.5) is 5.69 Å². The van der Waals surface area contributed by atoms with Crippen molar-refractivity contribution in [1.29, 1.82) is 0 Å². The van der Waals surface area contributed by atoms with Crippen molar-refractivity contribution in [2.75, 3.05) is 5.32 Å². The van der Waals surface area contributed by atoms with Crippen molar-refractivity contribution in [2.45, 2.75) is 12.5 Å². The van der Waals surface area contributed by atoms with Gasteiger partial charge in [0.25, 0.3) is 5.91 Å². The third kappa shape index (κ3) is 3.25. The van der Waals surface area contributed by atoms with Crippen molar-refractivity contribution in [2.24, 2.45) is 0 Å². The first kappa shape index (κ1) is 15.3. The molecule has 1 aliphatic rings. The minimum absolute atomic E-state index is 0.229. The summed E-state index contributed by atoms with van der Waals surface area (Å²) in [5, 5.41) is 6.00. The van der Waals surface area contributed by atoms with Crippen LogP contribution in [0, 0.1) is 3.57 Å². The first-order valence-corrected chi connectivity index (χ1v) is 8.14. The van der Waals surface area contributed by atoms with E-state index in [9.17, 15) is 9.59 Å². The number of nitrogens with one attached hydrogen (secondary N) is 2. The molecule has 22 heavy (non-hydrogen) atoms. The second kappa shape index (κ2) is 6.26. The zero-order valence-corrected chi connectivity index (χ0v) is 14.3. The van der Waals surface area contributed by atoms with Gasteiger partial charge in [0, 0.05) is 15.0 Å². The van der Waals surface area contributed by atoms with E-state index in [-0.39, 0.29) is 11.8 Å². The van der Waals surface area contributed by atoms with Crippen LogP contribution in [0.1, 0.15) is 15.9 Å². The summed E-state index contributed by atoms with van der Waals surface area (Å²) in [5.41, 5.74) is 1.85. The van der Waals surface area contributed by atoms with Crippen LogP contribution in [0.15, 0.2) is 42.5 Å². The summed E-state index contributed by atoms with van der Waals surface area (Å²) >= 11 is 8.14.